The molecule has 18 heavy (non-hydrogen) atoms. The summed E-state index contributed by atoms with van der Waals surface area (Å²) in [5.41, 5.74) is 7.05. The topological polar surface area (TPSA) is 66.6 Å². The average Bonchev–Trinajstić information content (AvgIpc) is 2.37. The third-order valence-electron chi connectivity index (χ3n) is 2.51. The Morgan fingerprint density at radius 2 is 2.06 bits per heavy atom. The molecule has 0 spiro atoms. The zero-order valence-electron chi connectivity index (χ0n) is 10.7. The van der Waals surface area contributed by atoms with Crippen molar-refractivity contribution in [3.8, 4) is 11.8 Å². The quantitative estimate of drug-likeness (QED) is 0.487. The van der Waals surface area contributed by atoms with Gasteiger partial charge in [0, 0.05) is 5.56 Å². The van der Waals surface area contributed by atoms with Gasteiger partial charge in [-0.15, -0.1) is 0 Å². The molecule has 0 aromatic heterocycles. The van der Waals surface area contributed by atoms with Crippen LogP contribution in [-0.2, 0) is 6.42 Å². The highest BCUT2D eigenvalue weighted by molar-refractivity contribution is 5.71. The van der Waals surface area contributed by atoms with Crippen molar-refractivity contribution >= 4 is 6.03 Å². The smallest absolute Gasteiger partial charge is 0.339 e. The van der Waals surface area contributed by atoms with E-state index in [0.717, 1.165) is 18.4 Å². The molecule has 0 aliphatic heterocycles. The first-order chi connectivity index (χ1) is 8.54. The van der Waals surface area contributed by atoms with Crippen molar-refractivity contribution in [3.05, 3.63) is 35.4 Å². The van der Waals surface area contributed by atoms with Crippen LogP contribution in [0.4, 0.5) is 4.79 Å². The Hall–Kier alpha value is -1.99. The maximum Gasteiger partial charge on any atom is 0.339 e. The number of rotatable bonds is 3. The van der Waals surface area contributed by atoms with Crippen LogP contribution in [0.2, 0.25) is 0 Å². The third kappa shape index (κ3) is 4.11. The molecule has 1 rings (SSSR count). The normalized spacial score (nSPS) is 11.3. The molecule has 0 saturated heterocycles. The van der Waals surface area contributed by atoms with Crippen molar-refractivity contribution in [1.82, 2.24) is 5.06 Å². The van der Waals surface area contributed by atoms with Crippen LogP contribution in [0.3, 0.4) is 0 Å². The second kappa shape index (κ2) is 6.67. The van der Waals surface area contributed by atoms with E-state index in [1.165, 1.54) is 5.56 Å². The zero-order chi connectivity index (χ0) is 13.5. The Bertz CT molecular complexity index is 457. The molecule has 0 radical (unpaired) electrons. The van der Waals surface area contributed by atoms with Gasteiger partial charge in [0.15, 0.2) is 0 Å². The number of amides is 2. The van der Waals surface area contributed by atoms with Gasteiger partial charge in [-0.05, 0) is 31.0 Å². The molecule has 2 amide bonds. The van der Waals surface area contributed by atoms with Gasteiger partial charge in [0.05, 0.1) is 0 Å². The Kier molecular flexibility index (Phi) is 5.22. The third-order valence-corrected chi connectivity index (χ3v) is 2.51. The lowest BCUT2D eigenvalue weighted by Crippen LogP contribution is -2.38. The Labute approximate surface area is 107 Å². The second-order valence-corrected chi connectivity index (χ2v) is 4.08. The summed E-state index contributed by atoms with van der Waals surface area (Å²) in [5.74, 6) is 5.65. The van der Waals surface area contributed by atoms with E-state index in [0.29, 0.717) is 5.06 Å². The summed E-state index contributed by atoms with van der Waals surface area (Å²) in [5, 5.41) is 9.66. The minimum Gasteiger partial charge on any atom is -0.350 e. The van der Waals surface area contributed by atoms with Crippen molar-refractivity contribution < 1.29 is 10.0 Å². The lowest BCUT2D eigenvalue weighted by atomic mass is 10.1. The highest BCUT2D eigenvalue weighted by Gasteiger charge is 2.11. The van der Waals surface area contributed by atoms with E-state index in [2.05, 4.69) is 18.8 Å². The predicted molar refractivity (Wildman–Crippen MR) is 70.0 cm³/mol. The van der Waals surface area contributed by atoms with E-state index < -0.39 is 12.1 Å². The number of benzene rings is 1. The van der Waals surface area contributed by atoms with Crippen LogP contribution in [0.15, 0.2) is 24.3 Å². The molecule has 1 aromatic carbocycles. The van der Waals surface area contributed by atoms with Crippen molar-refractivity contribution in [2.75, 3.05) is 0 Å². The number of hydrogen-bond acceptors (Lipinski definition) is 2. The largest absolute Gasteiger partial charge is 0.350 e. The first-order valence-electron chi connectivity index (χ1n) is 5.92. The van der Waals surface area contributed by atoms with E-state index >= 15 is 0 Å². The number of aryl methyl sites for hydroxylation is 1. The minimum atomic E-state index is -0.907. The molecule has 0 heterocycles. The van der Waals surface area contributed by atoms with Gasteiger partial charge in [0.2, 0.25) is 0 Å². The zero-order valence-corrected chi connectivity index (χ0v) is 10.7. The SMILES string of the molecule is CCCc1ccc(C#CC(C)N(O)C(N)=O)cc1. The number of nitrogens with two attached hydrogens (primary N) is 1. The Morgan fingerprint density at radius 3 is 2.56 bits per heavy atom. The van der Waals surface area contributed by atoms with Crippen molar-refractivity contribution in [2.45, 2.75) is 32.7 Å². The lowest BCUT2D eigenvalue weighted by molar-refractivity contribution is -0.0536. The molecule has 1 aromatic rings. The van der Waals surface area contributed by atoms with E-state index in [-0.39, 0.29) is 0 Å². The number of carbonyl (C=O) groups is 1. The van der Waals surface area contributed by atoms with Gasteiger partial charge < -0.3 is 5.73 Å². The Balaban J connectivity index is 2.70. The molecule has 1 unspecified atom stereocenters. The fourth-order valence-electron chi connectivity index (χ4n) is 1.48. The highest BCUT2D eigenvalue weighted by atomic mass is 16.5. The number of carbonyl (C=O) groups excluding carboxylic acids is 1. The first-order valence-corrected chi connectivity index (χ1v) is 5.92. The van der Waals surface area contributed by atoms with Crippen LogP contribution < -0.4 is 5.73 Å². The average molecular weight is 246 g/mol. The summed E-state index contributed by atoms with van der Waals surface area (Å²) in [6, 6.07) is 6.38. The fraction of sp³-hybridized carbons (Fsp3) is 0.357. The van der Waals surface area contributed by atoms with E-state index in [4.69, 9.17) is 5.73 Å². The summed E-state index contributed by atoms with van der Waals surface area (Å²) < 4.78 is 0. The van der Waals surface area contributed by atoms with E-state index in [1.54, 1.807) is 6.92 Å². The van der Waals surface area contributed by atoms with Crippen LogP contribution in [-0.4, -0.2) is 22.3 Å². The van der Waals surface area contributed by atoms with Gasteiger partial charge in [0.25, 0.3) is 0 Å². The second-order valence-electron chi connectivity index (χ2n) is 4.08. The van der Waals surface area contributed by atoms with Crippen LogP contribution in [0.25, 0.3) is 0 Å². The van der Waals surface area contributed by atoms with Gasteiger partial charge >= 0.3 is 6.03 Å². The van der Waals surface area contributed by atoms with Gasteiger partial charge in [-0.25, -0.2) is 4.79 Å². The van der Waals surface area contributed by atoms with E-state index in [9.17, 15) is 10.0 Å². The molecule has 1 atom stereocenters. The molecule has 96 valence electrons. The molecule has 0 fully saturated rings. The fourth-order valence-corrected chi connectivity index (χ4v) is 1.48. The maximum absolute atomic E-state index is 10.7. The molecule has 4 nitrogen and oxygen atoms in total. The van der Waals surface area contributed by atoms with Gasteiger partial charge in [-0.1, -0.05) is 37.3 Å². The standard InChI is InChI=1S/C14H18N2O2/c1-3-4-12-7-9-13(10-8-12)6-5-11(2)16(18)14(15)17/h7-11,18H,3-4H2,1-2H3,(H2,15,17). The maximum atomic E-state index is 10.7. The number of hydrogen-bond donors (Lipinski definition) is 2. The van der Waals surface area contributed by atoms with Crippen LogP contribution >= 0.6 is 0 Å². The molecule has 4 heteroatoms. The van der Waals surface area contributed by atoms with E-state index in [1.807, 2.05) is 24.3 Å². The summed E-state index contributed by atoms with van der Waals surface area (Å²) in [6.45, 7) is 3.73. The lowest BCUT2D eigenvalue weighted by Gasteiger charge is -2.14. The van der Waals surface area contributed by atoms with Crippen molar-refractivity contribution in [3.63, 3.8) is 0 Å². The minimum absolute atomic E-state index is 0.415. The summed E-state index contributed by atoms with van der Waals surface area (Å²) in [6.07, 6.45) is 2.16. The molecule has 0 saturated carbocycles. The Morgan fingerprint density at radius 1 is 1.44 bits per heavy atom. The summed E-state index contributed by atoms with van der Waals surface area (Å²) in [7, 11) is 0. The van der Waals surface area contributed by atoms with Crippen molar-refractivity contribution in [2.24, 2.45) is 5.73 Å². The summed E-state index contributed by atoms with van der Waals surface area (Å²) in [4.78, 5) is 10.7. The molecular formula is C14H18N2O2. The molecule has 0 aliphatic rings. The number of nitrogens with zero attached hydrogens (tertiary/aromatic N) is 1. The van der Waals surface area contributed by atoms with Gasteiger partial charge in [-0.3, -0.25) is 5.21 Å². The van der Waals surface area contributed by atoms with Gasteiger partial charge in [0.1, 0.15) is 6.04 Å². The first kappa shape index (κ1) is 14.1. The molecule has 3 N–H and O–H groups in total. The predicted octanol–water partition coefficient (Wildman–Crippen LogP) is 2.15. The molecule has 0 aliphatic carbocycles. The van der Waals surface area contributed by atoms with Crippen molar-refractivity contribution in [1.29, 1.82) is 0 Å². The molecule has 0 bridgehead atoms. The molecular weight excluding hydrogens is 228 g/mol. The van der Waals surface area contributed by atoms with Crippen LogP contribution in [0.5, 0.6) is 0 Å². The number of hydroxylamine groups is 2. The van der Waals surface area contributed by atoms with Gasteiger partial charge in [-0.2, -0.15) is 5.06 Å². The number of primary amides is 1. The number of urea groups is 1. The van der Waals surface area contributed by atoms with Crippen LogP contribution in [0, 0.1) is 11.8 Å². The highest BCUT2D eigenvalue weighted by Crippen LogP contribution is 2.05. The monoisotopic (exact) mass is 246 g/mol. The summed E-state index contributed by atoms with van der Waals surface area (Å²) >= 11 is 0. The van der Waals surface area contributed by atoms with Crippen LogP contribution in [0.1, 0.15) is 31.4 Å².